The Bertz CT molecular complexity index is 4520. The van der Waals surface area contributed by atoms with Gasteiger partial charge in [-0.25, -0.2) is 0 Å². The highest BCUT2D eigenvalue weighted by Crippen LogP contribution is 2.50. The Labute approximate surface area is 465 Å². The lowest BCUT2D eigenvalue weighted by Gasteiger charge is -2.46. The number of hydrogen-bond donors (Lipinski definition) is 0. The summed E-state index contributed by atoms with van der Waals surface area (Å²) in [5.41, 5.74) is 23.8. The average Bonchev–Trinajstić information content (AvgIpc) is 3.78. The maximum Gasteiger partial charge on any atom is 0.256 e. The molecule has 4 aliphatic heterocycles. The van der Waals surface area contributed by atoms with E-state index in [4.69, 9.17) is 4.74 Å². The number of benzene rings is 12. The monoisotopic (exact) mass is 1020 g/mol. The Kier molecular flexibility index (Phi) is 9.80. The van der Waals surface area contributed by atoms with Crippen molar-refractivity contribution in [2.45, 2.75) is 0 Å². The molecule has 0 unspecified atom stereocenters. The second kappa shape index (κ2) is 17.5. The third-order valence-electron chi connectivity index (χ3n) is 16.9. The molecule has 0 spiro atoms. The summed E-state index contributed by atoms with van der Waals surface area (Å²) in [5.74, 6) is 1.70. The van der Waals surface area contributed by atoms with Gasteiger partial charge in [0.05, 0.1) is 22.4 Å². The highest BCUT2D eigenvalue weighted by molar-refractivity contribution is 7.02. The zero-order valence-electron chi connectivity index (χ0n) is 43.4. The molecule has 13 aromatic rings. The number of para-hydroxylation sites is 9. The lowest BCUT2D eigenvalue weighted by molar-refractivity contribution is 0.487. The predicted molar refractivity (Wildman–Crippen MR) is 335 cm³/mol. The van der Waals surface area contributed by atoms with Gasteiger partial charge in [-0.2, -0.15) is 0 Å². The number of rotatable bonds is 7. The topological polar surface area (TPSA) is 27.1 Å². The van der Waals surface area contributed by atoms with E-state index in [0.717, 1.165) is 107 Å². The van der Waals surface area contributed by atoms with E-state index in [0.29, 0.717) is 0 Å². The molecule has 0 bridgehead atoms. The van der Waals surface area contributed by atoms with E-state index in [1.807, 2.05) is 0 Å². The predicted octanol–water partition coefficient (Wildman–Crippen LogP) is 14.7. The molecule has 372 valence electrons. The van der Waals surface area contributed by atoms with Gasteiger partial charge in [-0.3, -0.25) is 0 Å². The van der Waals surface area contributed by atoms with Crippen LogP contribution in [-0.4, -0.2) is 18.0 Å². The van der Waals surface area contributed by atoms with Gasteiger partial charge in [-0.05, 0) is 136 Å². The van der Waals surface area contributed by atoms with Crippen molar-refractivity contribution in [2.75, 3.05) is 19.6 Å². The van der Waals surface area contributed by atoms with Crippen molar-refractivity contribution in [2.24, 2.45) is 0 Å². The van der Waals surface area contributed by atoms with Crippen molar-refractivity contribution in [1.29, 1.82) is 0 Å². The quantitative estimate of drug-likeness (QED) is 0.148. The molecule has 80 heavy (non-hydrogen) atoms. The van der Waals surface area contributed by atoms with Crippen LogP contribution in [0.15, 0.2) is 285 Å². The van der Waals surface area contributed by atoms with Gasteiger partial charge >= 0.3 is 0 Å². The fraction of sp³-hybridized carbons (Fsp3) is 0. The summed E-state index contributed by atoms with van der Waals surface area (Å²) >= 11 is 0. The van der Waals surface area contributed by atoms with Gasteiger partial charge in [0.2, 0.25) is 0 Å². The molecule has 0 saturated heterocycles. The molecular formula is C72H47B2N5O. The van der Waals surface area contributed by atoms with Crippen molar-refractivity contribution < 1.29 is 4.74 Å². The van der Waals surface area contributed by atoms with E-state index < -0.39 is 0 Å². The molecule has 8 heteroatoms. The minimum Gasteiger partial charge on any atom is -0.458 e. The van der Waals surface area contributed by atoms with E-state index in [1.165, 1.54) is 32.6 Å². The first-order valence-electron chi connectivity index (χ1n) is 27.6. The van der Waals surface area contributed by atoms with Crippen LogP contribution in [-0.2, 0) is 0 Å². The molecule has 4 aliphatic rings. The molecule has 0 N–H and O–H groups in total. The molecule has 0 radical (unpaired) electrons. The van der Waals surface area contributed by atoms with E-state index >= 15 is 0 Å². The Morgan fingerprint density at radius 1 is 0.275 bits per heavy atom. The van der Waals surface area contributed by atoms with Gasteiger partial charge in [-0.15, -0.1) is 0 Å². The van der Waals surface area contributed by atoms with Crippen LogP contribution in [0.25, 0.3) is 27.5 Å². The van der Waals surface area contributed by atoms with Gasteiger partial charge in [0, 0.05) is 85.5 Å². The van der Waals surface area contributed by atoms with Crippen LogP contribution in [0.3, 0.4) is 0 Å². The molecular weight excluding hydrogens is 972 g/mol. The van der Waals surface area contributed by atoms with E-state index in [1.54, 1.807) is 0 Å². The molecule has 5 heterocycles. The summed E-state index contributed by atoms with van der Waals surface area (Å²) in [5, 5.41) is 2.44. The maximum absolute atomic E-state index is 7.67. The van der Waals surface area contributed by atoms with Gasteiger partial charge in [0.15, 0.2) is 0 Å². The maximum atomic E-state index is 7.67. The SMILES string of the molecule is c1ccc(N(c2ccccc2)c2cc3c4c(c2)N(c2ccccc2)c2cc5c(cc2B4c2ccccc2N3c2ccccc2)B2c3ccccc3N(c3ccccc3)c3cc(-n4c6ccccc6c6ccccc64)cc(c32)O5)cc1. The Hall–Kier alpha value is -10.4. The summed E-state index contributed by atoms with van der Waals surface area (Å²) in [6.07, 6.45) is 0. The zero-order valence-corrected chi connectivity index (χ0v) is 43.4. The third-order valence-corrected chi connectivity index (χ3v) is 16.9. The molecule has 0 saturated carbocycles. The number of fused-ring (bicyclic) bond motifs is 11. The standard InChI is InChI=1S/C72H47B2N5O/c1-6-24-48(25-7-1)75(49-26-8-2-9-27-49)53-42-66-71-67(43-53)78(52-32-14-5-15-33-52)65-47-69-60(46-59(65)73(71)57-36-18-22-40-63(57)76(66)50-28-10-3-11-29-50)74-58-37-19-23-41-64(58)77(51-30-12-4-13-31-51)68-44-54(45-70(80-69)72(68)74)79-61-38-20-16-34-55(61)56-35-17-21-39-62(56)79/h1-47H. The van der Waals surface area contributed by atoms with Crippen molar-refractivity contribution in [1.82, 2.24) is 4.57 Å². The van der Waals surface area contributed by atoms with Gasteiger partial charge in [-0.1, -0.05) is 170 Å². The van der Waals surface area contributed by atoms with Crippen molar-refractivity contribution >= 4 is 136 Å². The Morgan fingerprint density at radius 2 is 0.700 bits per heavy atom. The summed E-state index contributed by atoms with van der Waals surface area (Å²) < 4.78 is 10.1. The molecule has 0 aliphatic carbocycles. The molecule has 6 nitrogen and oxygen atoms in total. The Morgan fingerprint density at radius 3 is 1.23 bits per heavy atom. The second-order valence-electron chi connectivity index (χ2n) is 21.2. The number of aromatic nitrogens is 1. The fourth-order valence-corrected chi connectivity index (χ4v) is 13.7. The van der Waals surface area contributed by atoms with Crippen molar-refractivity contribution in [3.05, 3.63) is 285 Å². The second-order valence-corrected chi connectivity index (χ2v) is 21.2. The first-order chi connectivity index (χ1) is 39.7. The van der Waals surface area contributed by atoms with Crippen LogP contribution in [0, 0.1) is 0 Å². The molecule has 0 fully saturated rings. The lowest BCUT2D eigenvalue weighted by atomic mass is 9.30. The van der Waals surface area contributed by atoms with Crippen molar-refractivity contribution in [3.8, 4) is 17.2 Å². The van der Waals surface area contributed by atoms with E-state index in [9.17, 15) is 0 Å². The summed E-state index contributed by atoms with van der Waals surface area (Å²) in [6.45, 7) is -0.277. The lowest BCUT2D eigenvalue weighted by Crippen LogP contribution is -2.64. The molecule has 1 aromatic heterocycles. The van der Waals surface area contributed by atoms with Crippen LogP contribution < -0.4 is 57.1 Å². The first-order valence-corrected chi connectivity index (χ1v) is 27.6. The van der Waals surface area contributed by atoms with Gasteiger partial charge < -0.3 is 28.9 Å². The summed E-state index contributed by atoms with van der Waals surface area (Å²) in [4.78, 5) is 9.85. The normalized spacial score (nSPS) is 13.2. The summed E-state index contributed by atoms with van der Waals surface area (Å²) in [6, 6.07) is 104. The zero-order chi connectivity index (χ0) is 52.4. The molecule has 12 aromatic carbocycles. The van der Waals surface area contributed by atoms with E-state index in [-0.39, 0.29) is 13.4 Å². The number of nitrogens with zero attached hydrogens (tertiary/aromatic N) is 5. The fourth-order valence-electron chi connectivity index (χ4n) is 13.7. The Balaban J connectivity index is 0.958. The first kappa shape index (κ1) is 44.7. The molecule has 17 rings (SSSR count). The number of anilines is 12. The van der Waals surface area contributed by atoms with Crippen LogP contribution >= 0.6 is 0 Å². The largest absolute Gasteiger partial charge is 0.458 e. The smallest absolute Gasteiger partial charge is 0.256 e. The van der Waals surface area contributed by atoms with E-state index in [2.05, 4.69) is 309 Å². The van der Waals surface area contributed by atoms with Crippen molar-refractivity contribution in [3.63, 3.8) is 0 Å². The third kappa shape index (κ3) is 6.56. The van der Waals surface area contributed by atoms with Gasteiger partial charge in [0.1, 0.15) is 11.5 Å². The number of hydrogen-bond acceptors (Lipinski definition) is 5. The summed E-state index contributed by atoms with van der Waals surface area (Å²) in [7, 11) is 0. The highest BCUT2D eigenvalue weighted by atomic mass is 16.5. The van der Waals surface area contributed by atoms with Gasteiger partial charge in [0.25, 0.3) is 13.4 Å². The minimum atomic E-state index is -0.143. The van der Waals surface area contributed by atoms with Crippen LogP contribution in [0.2, 0.25) is 0 Å². The average molecular weight is 1020 g/mol. The molecule has 0 amide bonds. The van der Waals surface area contributed by atoms with Crippen LogP contribution in [0.4, 0.5) is 68.2 Å². The number of ether oxygens (including phenoxy) is 1. The van der Waals surface area contributed by atoms with Crippen LogP contribution in [0.5, 0.6) is 11.5 Å². The van der Waals surface area contributed by atoms with Crippen LogP contribution in [0.1, 0.15) is 0 Å². The molecule has 0 atom stereocenters. The minimum absolute atomic E-state index is 0.134. The highest BCUT2D eigenvalue weighted by Gasteiger charge is 2.48.